The van der Waals surface area contributed by atoms with E-state index in [-0.39, 0.29) is 5.91 Å². The number of likely N-dealkylation sites (N-methyl/N-ethyl adjacent to an activating group) is 1. The number of rotatable bonds is 0. The zero-order chi connectivity index (χ0) is 7.02. The number of carbonyl (C=O) groups is 1. The lowest BCUT2D eigenvalue weighted by Gasteiger charge is -2.08. The Balaban J connectivity index is 2.95. The molecule has 0 bridgehead atoms. The number of allylic oxidation sites excluding steroid dienone is 1. The van der Waals surface area contributed by atoms with E-state index in [2.05, 4.69) is 22.5 Å². The molecule has 0 aromatic heterocycles. The highest BCUT2D eigenvalue weighted by Gasteiger charge is 2.19. The molecule has 0 aliphatic carbocycles. The summed E-state index contributed by atoms with van der Waals surface area (Å²) in [5, 5.41) is 0. The van der Waals surface area contributed by atoms with E-state index in [1.165, 1.54) is 11.0 Å². The molecule has 3 heteroatoms. The quantitative estimate of drug-likeness (QED) is 0.560. The average Bonchev–Trinajstić information content (AvgIpc) is 1.98. The molecule has 2 nitrogen and oxygen atoms in total. The first-order valence-corrected chi connectivity index (χ1v) is 3.26. The molecule has 0 unspecified atom stereocenters. The van der Waals surface area contributed by atoms with Crippen LogP contribution in [0.3, 0.4) is 0 Å². The lowest BCUT2D eigenvalue weighted by molar-refractivity contribution is -0.122. The number of hydrogen-bond acceptors (Lipinski definition) is 1. The minimum absolute atomic E-state index is 0.0214. The van der Waals surface area contributed by atoms with E-state index in [1.54, 1.807) is 7.05 Å². The lowest BCUT2D eigenvalue weighted by Crippen LogP contribution is -2.17. The summed E-state index contributed by atoms with van der Waals surface area (Å²) in [7, 11) is 1.69. The first-order valence-electron chi connectivity index (χ1n) is 2.47. The molecule has 1 rings (SSSR count). The molecular formula is C6H6BrNO. The van der Waals surface area contributed by atoms with E-state index in [0.29, 0.717) is 0 Å². The Labute approximate surface area is 62.0 Å². The second-order valence-electron chi connectivity index (χ2n) is 1.84. The van der Waals surface area contributed by atoms with Crippen molar-refractivity contribution >= 4 is 21.8 Å². The van der Waals surface area contributed by atoms with Gasteiger partial charge in [0.2, 0.25) is 0 Å². The van der Waals surface area contributed by atoms with Crippen molar-refractivity contribution in [2.45, 2.75) is 0 Å². The van der Waals surface area contributed by atoms with E-state index in [0.717, 1.165) is 10.2 Å². The fraction of sp³-hybridized carbons (Fsp3) is 0.167. The van der Waals surface area contributed by atoms with Crippen LogP contribution >= 0.6 is 15.9 Å². The van der Waals surface area contributed by atoms with Crippen LogP contribution in [0, 0.1) is 0 Å². The van der Waals surface area contributed by atoms with E-state index in [9.17, 15) is 4.79 Å². The van der Waals surface area contributed by atoms with Crippen molar-refractivity contribution in [1.29, 1.82) is 0 Å². The Morgan fingerprint density at radius 1 is 1.78 bits per heavy atom. The summed E-state index contributed by atoms with van der Waals surface area (Å²) in [5.41, 5.74) is 0.722. The molecule has 0 saturated heterocycles. The summed E-state index contributed by atoms with van der Waals surface area (Å²) in [6.45, 7) is 3.66. The fourth-order valence-electron chi connectivity index (χ4n) is 0.582. The molecule has 0 N–H and O–H groups in total. The molecule has 1 aliphatic heterocycles. The molecule has 0 atom stereocenters. The van der Waals surface area contributed by atoms with Gasteiger partial charge in [-0.25, -0.2) is 0 Å². The van der Waals surface area contributed by atoms with E-state index in [1.807, 2.05) is 0 Å². The Morgan fingerprint density at radius 3 is 2.44 bits per heavy atom. The third-order valence-corrected chi connectivity index (χ3v) is 1.95. The van der Waals surface area contributed by atoms with Crippen LogP contribution in [0.4, 0.5) is 0 Å². The molecule has 0 fully saturated rings. The Hall–Kier alpha value is -0.570. The van der Waals surface area contributed by atoms with Gasteiger partial charge in [-0.2, -0.15) is 0 Å². The van der Waals surface area contributed by atoms with Crippen LogP contribution < -0.4 is 0 Å². The first kappa shape index (κ1) is 6.55. The van der Waals surface area contributed by atoms with Crippen molar-refractivity contribution in [1.82, 2.24) is 4.90 Å². The maximum absolute atomic E-state index is 10.8. The average molecular weight is 188 g/mol. The topological polar surface area (TPSA) is 20.3 Å². The van der Waals surface area contributed by atoms with Crippen LogP contribution in [-0.2, 0) is 4.79 Å². The van der Waals surface area contributed by atoms with Crippen molar-refractivity contribution in [2.75, 3.05) is 7.05 Å². The summed E-state index contributed by atoms with van der Waals surface area (Å²) in [6, 6.07) is 0. The van der Waals surface area contributed by atoms with Crippen LogP contribution in [0.25, 0.3) is 0 Å². The largest absolute Gasteiger partial charge is 0.311 e. The van der Waals surface area contributed by atoms with E-state index in [4.69, 9.17) is 0 Å². The molecule has 0 aromatic rings. The van der Waals surface area contributed by atoms with Crippen molar-refractivity contribution in [3.8, 4) is 0 Å². The normalized spacial score (nSPS) is 18.9. The number of halogens is 1. The molecular weight excluding hydrogens is 182 g/mol. The summed E-state index contributed by atoms with van der Waals surface area (Å²) < 4.78 is 0.773. The fourth-order valence-corrected chi connectivity index (χ4v) is 1.04. The number of nitrogens with zero attached hydrogens (tertiary/aromatic N) is 1. The third-order valence-electron chi connectivity index (χ3n) is 1.26. The van der Waals surface area contributed by atoms with Gasteiger partial charge in [0.15, 0.2) is 0 Å². The SMILES string of the molecule is C=C1C(Br)=CC(=O)N1C. The van der Waals surface area contributed by atoms with Gasteiger partial charge in [0, 0.05) is 17.6 Å². The van der Waals surface area contributed by atoms with Crippen molar-refractivity contribution < 1.29 is 4.79 Å². The van der Waals surface area contributed by atoms with Gasteiger partial charge in [-0.05, 0) is 15.9 Å². The predicted octanol–water partition coefficient (Wildman–Crippen LogP) is 1.25. The van der Waals surface area contributed by atoms with Crippen molar-refractivity contribution in [2.24, 2.45) is 0 Å². The van der Waals surface area contributed by atoms with E-state index >= 15 is 0 Å². The maximum Gasteiger partial charge on any atom is 0.251 e. The maximum atomic E-state index is 10.8. The first-order chi connectivity index (χ1) is 4.13. The van der Waals surface area contributed by atoms with Crippen molar-refractivity contribution in [3.05, 3.63) is 22.8 Å². The molecule has 48 valence electrons. The van der Waals surface area contributed by atoms with Gasteiger partial charge in [0.05, 0.1) is 5.70 Å². The minimum atomic E-state index is -0.0214. The van der Waals surface area contributed by atoms with Crippen LogP contribution in [0.2, 0.25) is 0 Å². The van der Waals surface area contributed by atoms with Crippen LogP contribution in [0.15, 0.2) is 22.8 Å². The summed E-state index contributed by atoms with van der Waals surface area (Å²) in [5.74, 6) is -0.0214. The molecule has 0 aromatic carbocycles. The third kappa shape index (κ3) is 0.920. The molecule has 9 heavy (non-hydrogen) atoms. The van der Waals surface area contributed by atoms with Gasteiger partial charge in [-0.15, -0.1) is 0 Å². The molecule has 1 heterocycles. The monoisotopic (exact) mass is 187 g/mol. The highest BCUT2D eigenvalue weighted by molar-refractivity contribution is 9.12. The molecule has 0 saturated carbocycles. The highest BCUT2D eigenvalue weighted by Crippen LogP contribution is 2.24. The molecule has 1 aliphatic rings. The second kappa shape index (κ2) is 1.99. The molecule has 0 spiro atoms. The van der Waals surface area contributed by atoms with Gasteiger partial charge < -0.3 is 4.90 Å². The number of carbonyl (C=O) groups excluding carboxylic acids is 1. The summed E-state index contributed by atoms with van der Waals surface area (Å²) in [4.78, 5) is 12.2. The summed E-state index contributed by atoms with van der Waals surface area (Å²) >= 11 is 3.18. The van der Waals surface area contributed by atoms with E-state index < -0.39 is 0 Å². The summed E-state index contributed by atoms with van der Waals surface area (Å²) in [6.07, 6.45) is 1.50. The zero-order valence-corrected chi connectivity index (χ0v) is 6.60. The number of hydrogen-bond donors (Lipinski definition) is 0. The molecule has 0 radical (unpaired) electrons. The van der Waals surface area contributed by atoms with Gasteiger partial charge in [-0.1, -0.05) is 6.58 Å². The minimum Gasteiger partial charge on any atom is -0.311 e. The highest BCUT2D eigenvalue weighted by atomic mass is 79.9. The van der Waals surface area contributed by atoms with Gasteiger partial charge in [-0.3, -0.25) is 4.79 Å². The second-order valence-corrected chi connectivity index (χ2v) is 2.69. The van der Waals surface area contributed by atoms with Gasteiger partial charge in [0.25, 0.3) is 5.91 Å². The lowest BCUT2D eigenvalue weighted by atomic mass is 10.5. The standard InChI is InChI=1S/C6H6BrNO/c1-4-5(7)3-6(9)8(4)2/h3H,1H2,2H3. The Bertz CT molecular complexity index is 207. The Morgan fingerprint density at radius 2 is 2.33 bits per heavy atom. The van der Waals surface area contributed by atoms with Gasteiger partial charge in [0.1, 0.15) is 0 Å². The zero-order valence-electron chi connectivity index (χ0n) is 5.02. The van der Waals surface area contributed by atoms with Gasteiger partial charge >= 0.3 is 0 Å². The van der Waals surface area contributed by atoms with Crippen molar-refractivity contribution in [3.63, 3.8) is 0 Å². The molecule has 1 amide bonds. The van der Waals surface area contributed by atoms with Crippen LogP contribution in [0.1, 0.15) is 0 Å². The van der Waals surface area contributed by atoms with Crippen LogP contribution in [-0.4, -0.2) is 17.9 Å². The van der Waals surface area contributed by atoms with Crippen LogP contribution in [0.5, 0.6) is 0 Å². The number of amides is 1. The Kier molecular flexibility index (Phi) is 1.45. The predicted molar refractivity (Wildman–Crippen MR) is 38.9 cm³/mol. The smallest absolute Gasteiger partial charge is 0.251 e.